The Morgan fingerprint density at radius 1 is 0.833 bits per heavy atom. The number of benzene rings is 1. The van der Waals surface area contributed by atoms with Crippen molar-refractivity contribution in [3.8, 4) is 0 Å². The standard InChI is InChI=1S/C14H12N4/c1-4-11-6-2-7-15-13(11)12(5-1)10-18-14-16-8-3-9-17-14/h1-9H,10H2,(H,16,17,18). The lowest BCUT2D eigenvalue weighted by Gasteiger charge is -2.06. The number of pyridine rings is 1. The number of nitrogens with zero attached hydrogens (tertiary/aromatic N) is 3. The SMILES string of the molecule is c1cnc(NCc2cccc3cccnc23)nc1. The minimum atomic E-state index is 0.630. The van der Waals surface area contributed by atoms with Crippen LogP contribution in [-0.2, 0) is 6.54 Å². The van der Waals surface area contributed by atoms with E-state index in [1.165, 1.54) is 0 Å². The van der Waals surface area contributed by atoms with Gasteiger partial charge in [0.1, 0.15) is 0 Å². The van der Waals surface area contributed by atoms with Crippen molar-refractivity contribution in [1.82, 2.24) is 15.0 Å². The molecule has 0 amide bonds. The fraction of sp³-hybridized carbons (Fsp3) is 0.0714. The summed E-state index contributed by atoms with van der Waals surface area (Å²) in [6.07, 6.45) is 5.25. The van der Waals surface area contributed by atoms with Gasteiger partial charge in [-0.25, -0.2) is 9.97 Å². The number of para-hydroxylation sites is 1. The summed E-state index contributed by atoms with van der Waals surface area (Å²) in [4.78, 5) is 12.7. The number of anilines is 1. The van der Waals surface area contributed by atoms with Crippen LogP contribution in [-0.4, -0.2) is 15.0 Å². The Morgan fingerprint density at radius 2 is 1.61 bits per heavy atom. The molecule has 0 spiro atoms. The van der Waals surface area contributed by atoms with Crippen LogP contribution in [0.2, 0.25) is 0 Å². The van der Waals surface area contributed by atoms with Crippen molar-refractivity contribution in [2.75, 3.05) is 5.32 Å². The first-order valence-corrected chi connectivity index (χ1v) is 5.77. The zero-order valence-electron chi connectivity index (χ0n) is 9.74. The molecule has 0 unspecified atom stereocenters. The topological polar surface area (TPSA) is 50.7 Å². The number of aromatic nitrogens is 3. The molecule has 0 aliphatic rings. The first-order valence-electron chi connectivity index (χ1n) is 5.77. The van der Waals surface area contributed by atoms with Gasteiger partial charge >= 0.3 is 0 Å². The predicted octanol–water partition coefficient (Wildman–Crippen LogP) is 2.64. The van der Waals surface area contributed by atoms with Crippen molar-refractivity contribution in [3.05, 3.63) is 60.6 Å². The number of fused-ring (bicyclic) bond motifs is 1. The monoisotopic (exact) mass is 236 g/mol. The average Bonchev–Trinajstić information content (AvgIpc) is 2.46. The van der Waals surface area contributed by atoms with Gasteiger partial charge in [0.2, 0.25) is 5.95 Å². The van der Waals surface area contributed by atoms with E-state index in [-0.39, 0.29) is 0 Å². The lowest BCUT2D eigenvalue weighted by atomic mass is 10.1. The third-order valence-corrected chi connectivity index (χ3v) is 2.72. The molecule has 0 atom stereocenters. The van der Waals surface area contributed by atoms with E-state index in [2.05, 4.69) is 38.5 Å². The molecule has 4 heteroatoms. The summed E-state index contributed by atoms with van der Waals surface area (Å²) < 4.78 is 0. The zero-order valence-corrected chi connectivity index (χ0v) is 9.74. The van der Waals surface area contributed by atoms with Crippen molar-refractivity contribution in [3.63, 3.8) is 0 Å². The maximum Gasteiger partial charge on any atom is 0.222 e. The van der Waals surface area contributed by atoms with E-state index in [4.69, 9.17) is 0 Å². The summed E-state index contributed by atoms with van der Waals surface area (Å²) in [5.74, 6) is 0.630. The largest absolute Gasteiger partial charge is 0.350 e. The van der Waals surface area contributed by atoms with Crippen molar-refractivity contribution in [1.29, 1.82) is 0 Å². The molecule has 2 aromatic heterocycles. The van der Waals surface area contributed by atoms with E-state index in [9.17, 15) is 0 Å². The molecule has 0 fully saturated rings. The van der Waals surface area contributed by atoms with Gasteiger partial charge in [-0.1, -0.05) is 24.3 Å². The zero-order chi connectivity index (χ0) is 12.2. The minimum Gasteiger partial charge on any atom is -0.350 e. The average molecular weight is 236 g/mol. The third kappa shape index (κ3) is 2.13. The van der Waals surface area contributed by atoms with Gasteiger partial charge in [0.05, 0.1) is 5.52 Å². The number of rotatable bonds is 3. The van der Waals surface area contributed by atoms with E-state index >= 15 is 0 Å². The van der Waals surface area contributed by atoms with Crippen LogP contribution in [0.25, 0.3) is 10.9 Å². The normalized spacial score (nSPS) is 10.4. The first-order chi connectivity index (χ1) is 8.93. The minimum absolute atomic E-state index is 0.630. The van der Waals surface area contributed by atoms with Gasteiger partial charge in [-0.15, -0.1) is 0 Å². The summed E-state index contributed by atoms with van der Waals surface area (Å²) >= 11 is 0. The molecule has 0 radical (unpaired) electrons. The predicted molar refractivity (Wildman–Crippen MR) is 71.1 cm³/mol. The Hall–Kier alpha value is -2.49. The van der Waals surface area contributed by atoms with E-state index in [1.54, 1.807) is 18.5 Å². The molecule has 2 heterocycles. The molecule has 88 valence electrons. The molecule has 4 nitrogen and oxygen atoms in total. The number of hydrogen-bond acceptors (Lipinski definition) is 4. The Balaban J connectivity index is 1.87. The number of nitrogens with one attached hydrogen (secondary N) is 1. The van der Waals surface area contributed by atoms with E-state index in [0.29, 0.717) is 12.5 Å². The van der Waals surface area contributed by atoms with Crippen LogP contribution in [0.1, 0.15) is 5.56 Å². The smallest absolute Gasteiger partial charge is 0.222 e. The van der Waals surface area contributed by atoms with Gasteiger partial charge in [-0.2, -0.15) is 0 Å². The summed E-state index contributed by atoms with van der Waals surface area (Å²) in [5.41, 5.74) is 2.16. The van der Waals surface area contributed by atoms with Crippen LogP contribution in [0.3, 0.4) is 0 Å². The highest BCUT2D eigenvalue weighted by atomic mass is 15.1. The molecule has 18 heavy (non-hydrogen) atoms. The lowest BCUT2D eigenvalue weighted by molar-refractivity contribution is 1.06. The van der Waals surface area contributed by atoms with Crippen LogP contribution in [0.5, 0.6) is 0 Å². The van der Waals surface area contributed by atoms with Crippen LogP contribution in [0.15, 0.2) is 55.0 Å². The van der Waals surface area contributed by atoms with Gasteiger partial charge in [0.15, 0.2) is 0 Å². The molecule has 1 aromatic carbocycles. The van der Waals surface area contributed by atoms with Gasteiger partial charge in [-0.3, -0.25) is 4.98 Å². The highest BCUT2D eigenvalue weighted by Crippen LogP contribution is 2.16. The molecule has 1 N–H and O–H groups in total. The summed E-state index contributed by atoms with van der Waals surface area (Å²) in [7, 11) is 0. The van der Waals surface area contributed by atoms with Crippen molar-refractivity contribution in [2.24, 2.45) is 0 Å². The summed E-state index contributed by atoms with van der Waals surface area (Å²) in [5, 5.41) is 4.34. The molecule has 0 aliphatic carbocycles. The Morgan fingerprint density at radius 3 is 2.50 bits per heavy atom. The quantitative estimate of drug-likeness (QED) is 0.759. The Labute approximate surface area is 105 Å². The maximum atomic E-state index is 4.41. The van der Waals surface area contributed by atoms with E-state index < -0.39 is 0 Å². The molecule has 0 bridgehead atoms. The van der Waals surface area contributed by atoms with Gasteiger partial charge in [0.25, 0.3) is 0 Å². The Kier molecular flexibility index (Phi) is 2.84. The molecule has 0 saturated heterocycles. The Bertz CT molecular complexity index is 647. The second-order valence-corrected chi connectivity index (χ2v) is 3.92. The van der Waals surface area contributed by atoms with Crippen molar-refractivity contribution >= 4 is 16.9 Å². The van der Waals surface area contributed by atoms with E-state index in [0.717, 1.165) is 16.5 Å². The van der Waals surface area contributed by atoms with Gasteiger partial charge in [-0.05, 0) is 17.7 Å². The lowest BCUT2D eigenvalue weighted by Crippen LogP contribution is -2.03. The first kappa shape index (κ1) is 10.7. The maximum absolute atomic E-state index is 4.41. The molecule has 0 aliphatic heterocycles. The molecule has 3 rings (SSSR count). The fourth-order valence-electron chi connectivity index (χ4n) is 1.87. The second kappa shape index (κ2) is 4.79. The third-order valence-electron chi connectivity index (χ3n) is 2.72. The fourth-order valence-corrected chi connectivity index (χ4v) is 1.87. The highest BCUT2D eigenvalue weighted by Gasteiger charge is 2.01. The van der Waals surface area contributed by atoms with E-state index in [1.807, 2.05) is 18.3 Å². The molecular weight excluding hydrogens is 224 g/mol. The van der Waals surface area contributed by atoms with Crippen molar-refractivity contribution < 1.29 is 0 Å². The highest BCUT2D eigenvalue weighted by molar-refractivity contribution is 5.81. The van der Waals surface area contributed by atoms with Gasteiger partial charge in [0, 0.05) is 30.5 Å². The molecular formula is C14H12N4. The summed E-state index contributed by atoms with van der Waals surface area (Å²) in [6.45, 7) is 0.665. The summed E-state index contributed by atoms with van der Waals surface area (Å²) in [6, 6.07) is 12.0. The van der Waals surface area contributed by atoms with Crippen LogP contribution >= 0.6 is 0 Å². The van der Waals surface area contributed by atoms with Crippen LogP contribution < -0.4 is 5.32 Å². The van der Waals surface area contributed by atoms with Crippen LogP contribution in [0, 0.1) is 0 Å². The number of hydrogen-bond donors (Lipinski definition) is 1. The van der Waals surface area contributed by atoms with Gasteiger partial charge < -0.3 is 5.32 Å². The molecule has 0 saturated carbocycles. The van der Waals surface area contributed by atoms with Crippen LogP contribution in [0.4, 0.5) is 5.95 Å². The molecule has 3 aromatic rings. The van der Waals surface area contributed by atoms with Crippen molar-refractivity contribution in [2.45, 2.75) is 6.54 Å². The second-order valence-electron chi connectivity index (χ2n) is 3.92.